The summed E-state index contributed by atoms with van der Waals surface area (Å²) in [6, 6.07) is 13.3. The first kappa shape index (κ1) is 20.7. The summed E-state index contributed by atoms with van der Waals surface area (Å²) in [6.07, 6.45) is 0. The van der Waals surface area contributed by atoms with Crippen molar-refractivity contribution < 1.29 is 14.3 Å². The molecule has 0 saturated carbocycles. The second-order valence-corrected chi connectivity index (χ2v) is 7.85. The van der Waals surface area contributed by atoms with Crippen LogP contribution in [0.25, 0.3) is 11.4 Å². The van der Waals surface area contributed by atoms with Gasteiger partial charge in [-0.15, -0.1) is 10.2 Å². The predicted molar refractivity (Wildman–Crippen MR) is 115 cm³/mol. The lowest BCUT2D eigenvalue weighted by Crippen LogP contribution is -2.23. The topological polar surface area (TPSA) is 78.3 Å². The maximum Gasteiger partial charge on any atom is 0.237 e. The van der Waals surface area contributed by atoms with Gasteiger partial charge >= 0.3 is 0 Å². The quantitative estimate of drug-likeness (QED) is 0.593. The first-order valence-electron chi connectivity index (χ1n) is 9.09. The van der Waals surface area contributed by atoms with E-state index in [4.69, 9.17) is 9.47 Å². The number of hydrogen-bond donors (Lipinski definition) is 1. The molecule has 7 nitrogen and oxygen atoms in total. The Morgan fingerprint density at radius 3 is 2.48 bits per heavy atom. The van der Waals surface area contributed by atoms with E-state index in [0.717, 1.165) is 22.7 Å². The standard InChI is InChI=1S/C21H24N4O3S/c1-13-6-11-18(28-5)17(12-13)22-20(26)14(2)29-21-24-23-19(25(21)3)15-7-9-16(27-4)10-8-15/h6-12,14H,1-5H3,(H,22,26)/t14-/m1/s1. The summed E-state index contributed by atoms with van der Waals surface area (Å²) in [4.78, 5) is 12.7. The van der Waals surface area contributed by atoms with Crippen LogP contribution in [0.3, 0.4) is 0 Å². The molecule has 152 valence electrons. The number of aryl methyl sites for hydroxylation is 1. The summed E-state index contributed by atoms with van der Waals surface area (Å²) < 4.78 is 12.4. The third-order valence-electron chi connectivity index (χ3n) is 4.45. The number of methoxy groups -OCH3 is 2. The van der Waals surface area contributed by atoms with Gasteiger partial charge in [-0.3, -0.25) is 4.79 Å². The molecule has 0 unspecified atom stereocenters. The Morgan fingerprint density at radius 2 is 1.83 bits per heavy atom. The molecule has 0 radical (unpaired) electrons. The number of rotatable bonds is 7. The summed E-state index contributed by atoms with van der Waals surface area (Å²) in [5.74, 6) is 2.00. The van der Waals surface area contributed by atoms with Gasteiger partial charge in [0.05, 0.1) is 25.2 Å². The number of nitrogens with one attached hydrogen (secondary N) is 1. The number of nitrogens with zero attached hydrogens (tertiary/aromatic N) is 3. The van der Waals surface area contributed by atoms with Crippen LogP contribution in [0.5, 0.6) is 11.5 Å². The number of amides is 1. The Labute approximate surface area is 174 Å². The van der Waals surface area contributed by atoms with E-state index in [1.807, 2.05) is 67.9 Å². The monoisotopic (exact) mass is 412 g/mol. The van der Waals surface area contributed by atoms with E-state index in [1.54, 1.807) is 14.2 Å². The number of benzene rings is 2. The van der Waals surface area contributed by atoms with Crippen molar-refractivity contribution in [2.75, 3.05) is 19.5 Å². The first-order chi connectivity index (χ1) is 13.9. The number of carbonyl (C=O) groups is 1. The van der Waals surface area contributed by atoms with Crippen LogP contribution < -0.4 is 14.8 Å². The summed E-state index contributed by atoms with van der Waals surface area (Å²) in [5, 5.41) is 11.8. The zero-order chi connectivity index (χ0) is 21.0. The molecule has 1 heterocycles. The van der Waals surface area contributed by atoms with Gasteiger partial charge in [0, 0.05) is 12.6 Å². The third kappa shape index (κ3) is 4.71. The molecule has 0 bridgehead atoms. The predicted octanol–water partition coefficient (Wildman–Crippen LogP) is 3.93. The zero-order valence-electron chi connectivity index (χ0n) is 17.1. The van der Waals surface area contributed by atoms with Crippen molar-refractivity contribution in [1.82, 2.24) is 14.8 Å². The highest BCUT2D eigenvalue weighted by Crippen LogP contribution is 2.29. The Morgan fingerprint density at radius 1 is 1.10 bits per heavy atom. The summed E-state index contributed by atoms with van der Waals surface area (Å²) in [7, 11) is 5.10. The number of aromatic nitrogens is 3. The smallest absolute Gasteiger partial charge is 0.237 e. The third-order valence-corrected chi connectivity index (χ3v) is 5.58. The van der Waals surface area contributed by atoms with Gasteiger partial charge in [0.25, 0.3) is 0 Å². The molecular weight excluding hydrogens is 388 g/mol. The Hall–Kier alpha value is -3.00. The number of anilines is 1. The highest BCUT2D eigenvalue weighted by Gasteiger charge is 2.20. The van der Waals surface area contributed by atoms with E-state index in [2.05, 4.69) is 15.5 Å². The molecule has 0 aliphatic heterocycles. The molecule has 2 aromatic carbocycles. The minimum Gasteiger partial charge on any atom is -0.497 e. The fourth-order valence-electron chi connectivity index (χ4n) is 2.77. The van der Waals surface area contributed by atoms with Crippen molar-refractivity contribution in [3.05, 3.63) is 48.0 Å². The van der Waals surface area contributed by atoms with Gasteiger partial charge in [0.2, 0.25) is 5.91 Å². The van der Waals surface area contributed by atoms with Gasteiger partial charge in [-0.2, -0.15) is 0 Å². The van der Waals surface area contributed by atoms with Crippen LogP contribution in [0.4, 0.5) is 5.69 Å². The Bertz CT molecular complexity index is 1000. The summed E-state index contributed by atoms with van der Waals surface area (Å²) in [5.41, 5.74) is 2.62. The number of ether oxygens (including phenoxy) is 2. The molecule has 0 aliphatic carbocycles. The van der Waals surface area contributed by atoms with Crippen molar-refractivity contribution >= 4 is 23.4 Å². The van der Waals surface area contributed by atoms with E-state index >= 15 is 0 Å². The molecule has 0 spiro atoms. The molecule has 1 atom stereocenters. The maximum absolute atomic E-state index is 12.7. The van der Waals surface area contributed by atoms with Crippen molar-refractivity contribution in [3.63, 3.8) is 0 Å². The lowest BCUT2D eigenvalue weighted by molar-refractivity contribution is -0.115. The lowest BCUT2D eigenvalue weighted by atomic mass is 10.2. The van der Waals surface area contributed by atoms with Gasteiger partial charge in [-0.25, -0.2) is 0 Å². The Kier molecular flexibility index (Phi) is 6.43. The number of carbonyl (C=O) groups excluding carboxylic acids is 1. The van der Waals surface area contributed by atoms with Crippen molar-refractivity contribution in [2.45, 2.75) is 24.3 Å². The zero-order valence-corrected chi connectivity index (χ0v) is 17.9. The van der Waals surface area contributed by atoms with Gasteiger partial charge < -0.3 is 19.4 Å². The molecule has 1 amide bonds. The van der Waals surface area contributed by atoms with Crippen LogP contribution in [-0.4, -0.2) is 40.1 Å². The minimum atomic E-state index is -0.369. The molecule has 29 heavy (non-hydrogen) atoms. The Balaban J connectivity index is 1.72. The minimum absolute atomic E-state index is 0.132. The highest BCUT2D eigenvalue weighted by molar-refractivity contribution is 8.00. The van der Waals surface area contributed by atoms with E-state index in [0.29, 0.717) is 16.6 Å². The number of thioether (sulfide) groups is 1. The molecule has 0 aliphatic rings. The van der Waals surface area contributed by atoms with Gasteiger partial charge in [0.15, 0.2) is 11.0 Å². The molecular formula is C21H24N4O3S. The SMILES string of the molecule is COc1ccc(-c2nnc(S[C@H](C)C(=O)Nc3cc(C)ccc3OC)n2C)cc1. The van der Waals surface area contributed by atoms with Crippen LogP contribution in [0, 0.1) is 6.92 Å². The van der Waals surface area contributed by atoms with Crippen LogP contribution in [0.2, 0.25) is 0 Å². The average molecular weight is 413 g/mol. The van der Waals surface area contributed by atoms with E-state index in [-0.39, 0.29) is 11.2 Å². The normalized spacial score (nSPS) is 11.8. The van der Waals surface area contributed by atoms with Crippen LogP contribution in [0.15, 0.2) is 47.6 Å². The fraction of sp³-hybridized carbons (Fsp3) is 0.286. The molecule has 1 N–H and O–H groups in total. The molecule has 1 aromatic heterocycles. The molecule has 0 saturated heterocycles. The maximum atomic E-state index is 12.7. The van der Waals surface area contributed by atoms with E-state index < -0.39 is 0 Å². The molecule has 0 fully saturated rings. The van der Waals surface area contributed by atoms with Gasteiger partial charge in [-0.1, -0.05) is 17.8 Å². The molecule has 3 rings (SSSR count). The van der Waals surface area contributed by atoms with Crippen LogP contribution in [-0.2, 0) is 11.8 Å². The summed E-state index contributed by atoms with van der Waals surface area (Å²) >= 11 is 1.35. The van der Waals surface area contributed by atoms with Crippen LogP contribution in [0.1, 0.15) is 12.5 Å². The average Bonchev–Trinajstić information content (AvgIpc) is 3.08. The molecule has 3 aromatic rings. The highest BCUT2D eigenvalue weighted by atomic mass is 32.2. The van der Waals surface area contributed by atoms with Gasteiger partial charge in [-0.05, 0) is 55.8 Å². The van der Waals surface area contributed by atoms with Gasteiger partial charge in [0.1, 0.15) is 11.5 Å². The second-order valence-electron chi connectivity index (χ2n) is 6.55. The first-order valence-corrected chi connectivity index (χ1v) is 9.97. The largest absolute Gasteiger partial charge is 0.497 e. The van der Waals surface area contributed by atoms with Crippen molar-refractivity contribution in [3.8, 4) is 22.9 Å². The van der Waals surface area contributed by atoms with E-state index in [1.165, 1.54) is 11.8 Å². The van der Waals surface area contributed by atoms with Crippen LogP contribution >= 0.6 is 11.8 Å². The number of hydrogen-bond acceptors (Lipinski definition) is 6. The molecule has 8 heteroatoms. The van der Waals surface area contributed by atoms with Crippen molar-refractivity contribution in [2.24, 2.45) is 7.05 Å². The lowest BCUT2D eigenvalue weighted by Gasteiger charge is -2.14. The fourth-order valence-corrected chi connectivity index (χ4v) is 3.59. The van der Waals surface area contributed by atoms with Crippen molar-refractivity contribution in [1.29, 1.82) is 0 Å². The van der Waals surface area contributed by atoms with E-state index in [9.17, 15) is 4.79 Å². The second kappa shape index (κ2) is 9.00. The summed E-state index contributed by atoms with van der Waals surface area (Å²) in [6.45, 7) is 3.80.